The molecule has 0 aliphatic heterocycles. The van der Waals surface area contributed by atoms with Gasteiger partial charge in [-0.2, -0.15) is 0 Å². The average molecular weight is 276 g/mol. The van der Waals surface area contributed by atoms with Crippen LogP contribution in [0.1, 0.15) is 12.2 Å². The minimum absolute atomic E-state index is 0.240. The molecule has 0 amide bonds. The van der Waals surface area contributed by atoms with E-state index in [2.05, 4.69) is 0 Å². The third-order valence-corrected chi connectivity index (χ3v) is 4.63. The van der Waals surface area contributed by atoms with Gasteiger partial charge in [-0.3, -0.25) is 14.2 Å². The molecule has 3 N–H and O–H groups in total. The summed E-state index contributed by atoms with van der Waals surface area (Å²) in [4.78, 5) is 31.0. The molecule has 0 saturated heterocycles. The molecule has 0 aliphatic carbocycles. The summed E-state index contributed by atoms with van der Waals surface area (Å²) in [5.74, 6) is -2.42. The predicted molar refractivity (Wildman–Crippen MR) is 60.8 cm³/mol. The molecule has 8 heteroatoms. The molecule has 0 aromatic carbocycles. The number of hydrogen-bond acceptors (Lipinski definition) is 4. The van der Waals surface area contributed by atoms with Crippen LogP contribution in [0.5, 0.6) is 0 Å². The second-order valence-corrected chi connectivity index (χ2v) is 6.34. The molecule has 0 spiro atoms. The van der Waals surface area contributed by atoms with E-state index in [-0.39, 0.29) is 12.2 Å². The molecule has 18 heavy (non-hydrogen) atoms. The summed E-state index contributed by atoms with van der Waals surface area (Å²) in [6, 6.07) is 3.03. The lowest BCUT2D eigenvalue weighted by Gasteiger charge is -2.17. The number of hydrogen-bond donors (Lipinski definition) is 3. The van der Waals surface area contributed by atoms with Gasteiger partial charge in [0.2, 0.25) is 7.37 Å². The van der Waals surface area contributed by atoms with Crippen molar-refractivity contribution in [1.82, 2.24) is 0 Å². The van der Waals surface area contributed by atoms with Crippen LogP contribution in [-0.2, 0) is 20.6 Å². The summed E-state index contributed by atoms with van der Waals surface area (Å²) in [6.07, 6.45) is -0.0285. The lowest BCUT2D eigenvalue weighted by Crippen LogP contribution is -2.24. The SMILES string of the molecule is O=C(O)CCP(=O)(O)C(Cc1ccco1)C(=O)O. The Balaban J connectivity index is 2.80. The van der Waals surface area contributed by atoms with Crippen LogP contribution in [-0.4, -0.2) is 38.9 Å². The smallest absolute Gasteiger partial charge is 0.316 e. The third kappa shape index (κ3) is 4.01. The normalized spacial score (nSPS) is 15.8. The molecular weight excluding hydrogens is 263 g/mol. The van der Waals surface area contributed by atoms with Crippen LogP contribution in [0, 0.1) is 0 Å². The highest BCUT2D eigenvalue weighted by atomic mass is 31.2. The lowest BCUT2D eigenvalue weighted by atomic mass is 10.2. The van der Waals surface area contributed by atoms with Crippen molar-refractivity contribution in [2.45, 2.75) is 18.5 Å². The molecule has 7 nitrogen and oxygen atoms in total. The molecule has 0 bridgehead atoms. The molecule has 1 heterocycles. The number of carboxylic acid groups (broad SMARTS) is 2. The maximum Gasteiger partial charge on any atom is 0.316 e. The van der Waals surface area contributed by atoms with Crippen LogP contribution in [0.15, 0.2) is 22.8 Å². The van der Waals surface area contributed by atoms with Crippen molar-refractivity contribution in [3.8, 4) is 0 Å². The van der Waals surface area contributed by atoms with Crippen LogP contribution >= 0.6 is 7.37 Å². The van der Waals surface area contributed by atoms with Gasteiger partial charge in [-0.15, -0.1) is 0 Å². The zero-order valence-electron chi connectivity index (χ0n) is 9.35. The van der Waals surface area contributed by atoms with Gasteiger partial charge in [-0.05, 0) is 12.1 Å². The first-order valence-electron chi connectivity index (χ1n) is 5.11. The van der Waals surface area contributed by atoms with Gasteiger partial charge in [0.05, 0.1) is 12.7 Å². The Bertz CT molecular complexity index is 465. The quantitative estimate of drug-likeness (QED) is 0.635. The fourth-order valence-corrected chi connectivity index (χ4v) is 3.07. The first-order valence-corrected chi connectivity index (χ1v) is 7.03. The Morgan fingerprint density at radius 2 is 2.06 bits per heavy atom. The molecule has 0 radical (unpaired) electrons. The van der Waals surface area contributed by atoms with E-state index < -0.39 is 37.5 Å². The van der Waals surface area contributed by atoms with E-state index in [1.54, 1.807) is 0 Å². The third-order valence-electron chi connectivity index (χ3n) is 2.39. The van der Waals surface area contributed by atoms with Crippen LogP contribution in [0.25, 0.3) is 0 Å². The van der Waals surface area contributed by atoms with Gasteiger partial charge in [0.15, 0.2) is 0 Å². The summed E-state index contributed by atoms with van der Waals surface area (Å²) < 4.78 is 16.8. The van der Waals surface area contributed by atoms with E-state index in [4.69, 9.17) is 14.6 Å². The Kier molecular flexibility index (Phi) is 4.69. The zero-order chi connectivity index (χ0) is 13.8. The molecule has 0 saturated carbocycles. The fourth-order valence-electron chi connectivity index (χ4n) is 1.43. The largest absolute Gasteiger partial charge is 0.481 e. The summed E-state index contributed by atoms with van der Waals surface area (Å²) in [6.45, 7) is 0. The van der Waals surface area contributed by atoms with Crippen molar-refractivity contribution in [1.29, 1.82) is 0 Å². The summed E-state index contributed by atoms with van der Waals surface area (Å²) in [7, 11) is -4.09. The van der Waals surface area contributed by atoms with E-state index in [1.165, 1.54) is 18.4 Å². The van der Waals surface area contributed by atoms with Crippen molar-refractivity contribution < 1.29 is 33.7 Å². The molecule has 2 atom stereocenters. The van der Waals surface area contributed by atoms with Crippen LogP contribution in [0.4, 0.5) is 0 Å². The van der Waals surface area contributed by atoms with Gasteiger partial charge in [0.25, 0.3) is 0 Å². The second kappa shape index (κ2) is 5.84. The van der Waals surface area contributed by atoms with E-state index in [0.29, 0.717) is 0 Å². The van der Waals surface area contributed by atoms with Crippen molar-refractivity contribution in [3.05, 3.63) is 24.2 Å². The standard InChI is InChI=1S/C10H13O7P/c11-9(12)3-5-18(15,16)8(10(13)14)6-7-2-1-4-17-7/h1-2,4,8H,3,5-6H2,(H,11,12)(H,13,14)(H,15,16). The number of rotatable bonds is 7. The van der Waals surface area contributed by atoms with E-state index >= 15 is 0 Å². The lowest BCUT2D eigenvalue weighted by molar-refractivity contribution is -0.138. The maximum atomic E-state index is 11.9. The number of aliphatic carboxylic acids is 2. The number of carboxylic acids is 2. The predicted octanol–water partition coefficient (Wildman–Crippen LogP) is 1.02. The maximum absolute atomic E-state index is 11.9. The Morgan fingerprint density at radius 1 is 1.39 bits per heavy atom. The monoisotopic (exact) mass is 276 g/mol. The average Bonchev–Trinajstić information content (AvgIpc) is 2.75. The van der Waals surface area contributed by atoms with Gasteiger partial charge in [-0.25, -0.2) is 0 Å². The Morgan fingerprint density at radius 3 is 2.50 bits per heavy atom. The van der Waals surface area contributed by atoms with Crippen molar-refractivity contribution in [2.24, 2.45) is 0 Å². The van der Waals surface area contributed by atoms with Crippen LogP contribution < -0.4 is 0 Å². The van der Waals surface area contributed by atoms with Crippen molar-refractivity contribution in [3.63, 3.8) is 0 Å². The minimum atomic E-state index is -4.09. The van der Waals surface area contributed by atoms with Crippen molar-refractivity contribution >= 4 is 19.3 Å². The number of carbonyl (C=O) groups is 2. The molecule has 1 aromatic heterocycles. The fraction of sp³-hybridized carbons (Fsp3) is 0.400. The van der Waals surface area contributed by atoms with E-state index in [9.17, 15) is 19.0 Å². The van der Waals surface area contributed by atoms with Crippen LogP contribution in [0.3, 0.4) is 0 Å². The van der Waals surface area contributed by atoms with Gasteiger partial charge in [-0.1, -0.05) is 0 Å². The van der Waals surface area contributed by atoms with E-state index in [0.717, 1.165) is 0 Å². The first kappa shape index (κ1) is 14.5. The van der Waals surface area contributed by atoms with Gasteiger partial charge in [0, 0.05) is 12.6 Å². The highest BCUT2D eigenvalue weighted by Gasteiger charge is 2.37. The molecule has 0 aliphatic rings. The molecule has 1 aromatic rings. The molecule has 100 valence electrons. The Labute approximate surface area is 102 Å². The zero-order valence-corrected chi connectivity index (χ0v) is 10.2. The topological polar surface area (TPSA) is 125 Å². The van der Waals surface area contributed by atoms with Gasteiger partial charge < -0.3 is 19.5 Å². The summed E-state index contributed by atoms with van der Waals surface area (Å²) >= 11 is 0. The molecule has 1 rings (SSSR count). The van der Waals surface area contributed by atoms with Gasteiger partial charge in [0.1, 0.15) is 11.4 Å². The highest BCUT2D eigenvalue weighted by molar-refractivity contribution is 7.59. The van der Waals surface area contributed by atoms with Crippen LogP contribution in [0.2, 0.25) is 0 Å². The Hall–Kier alpha value is -1.59. The van der Waals surface area contributed by atoms with Gasteiger partial charge >= 0.3 is 11.9 Å². The summed E-state index contributed by atoms with van der Waals surface area (Å²) in [5, 5.41) is 17.4. The first-order chi connectivity index (χ1) is 8.33. The highest BCUT2D eigenvalue weighted by Crippen LogP contribution is 2.48. The second-order valence-electron chi connectivity index (χ2n) is 3.76. The summed E-state index contributed by atoms with van der Waals surface area (Å²) in [5.41, 5.74) is -1.55. The molecule has 2 unspecified atom stereocenters. The number of furan rings is 1. The molecule has 0 fully saturated rings. The van der Waals surface area contributed by atoms with Crippen molar-refractivity contribution in [2.75, 3.05) is 6.16 Å². The minimum Gasteiger partial charge on any atom is -0.481 e. The van der Waals surface area contributed by atoms with E-state index in [1.807, 2.05) is 0 Å². The molecular formula is C10H13O7P.